The molecular weight excluding hydrogens is 596 g/mol. The molecule has 0 aliphatic heterocycles. The van der Waals surface area contributed by atoms with Crippen LogP contribution in [0.4, 0.5) is 0 Å². The van der Waals surface area contributed by atoms with E-state index in [1.54, 1.807) is 11.1 Å². The van der Waals surface area contributed by atoms with Gasteiger partial charge in [-0.2, -0.15) is 11.1 Å². The van der Waals surface area contributed by atoms with Crippen LogP contribution in [0.3, 0.4) is 0 Å². The molecule has 0 saturated carbocycles. The van der Waals surface area contributed by atoms with Gasteiger partial charge in [-0.15, -0.1) is 46.2 Å². The molecule has 0 aromatic heterocycles. The van der Waals surface area contributed by atoms with Crippen LogP contribution in [0.2, 0.25) is 0 Å². The fourth-order valence-electron chi connectivity index (χ4n) is 5.90. The van der Waals surface area contributed by atoms with Crippen molar-refractivity contribution in [3.8, 4) is 0 Å². The molecule has 5 aromatic rings. The molecule has 0 heterocycles. The summed E-state index contributed by atoms with van der Waals surface area (Å²) in [7, 11) is 0. The van der Waals surface area contributed by atoms with E-state index >= 15 is 0 Å². The van der Waals surface area contributed by atoms with Crippen LogP contribution < -0.4 is 0 Å². The van der Waals surface area contributed by atoms with Gasteiger partial charge in [0.25, 0.3) is 0 Å². The Morgan fingerprint density at radius 2 is 1.09 bits per heavy atom. The first-order chi connectivity index (χ1) is 20.6. The number of allylic oxidation sites excluding steroid dienone is 4. The predicted molar refractivity (Wildman–Crippen MR) is 186 cm³/mol. The molecule has 0 spiro atoms. The van der Waals surface area contributed by atoms with E-state index in [1.165, 1.54) is 76.8 Å². The van der Waals surface area contributed by atoms with Crippen LogP contribution in [0.15, 0.2) is 120 Å². The van der Waals surface area contributed by atoms with E-state index in [-0.39, 0.29) is 0 Å². The van der Waals surface area contributed by atoms with Crippen LogP contribution in [-0.2, 0) is 24.2 Å². The van der Waals surface area contributed by atoms with E-state index in [0.29, 0.717) is 17.8 Å². The monoisotopic (exact) mass is 640 g/mol. The number of fused-ring (bicyclic) bond motifs is 3. The van der Waals surface area contributed by atoms with Crippen molar-refractivity contribution < 1.29 is 24.2 Å². The van der Waals surface area contributed by atoms with Crippen molar-refractivity contribution in [2.24, 2.45) is 17.8 Å². The van der Waals surface area contributed by atoms with Crippen LogP contribution in [-0.4, -0.2) is 3.21 Å². The van der Waals surface area contributed by atoms with Gasteiger partial charge < -0.3 is 0 Å². The summed E-state index contributed by atoms with van der Waals surface area (Å²) in [4.78, 5) is 0. The summed E-state index contributed by atoms with van der Waals surface area (Å²) in [5.74, 6) is 1.96. The van der Waals surface area contributed by atoms with Crippen molar-refractivity contribution in [1.29, 1.82) is 0 Å². The van der Waals surface area contributed by atoms with Crippen molar-refractivity contribution in [3.05, 3.63) is 148 Å². The van der Waals surface area contributed by atoms with Gasteiger partial charge in [0.2, 0.25) is 0 Å². The first kappa shape index (κ1) is 32.9. The SMILES string of the molecule is CC(C)C1=[C-]CC(C(C)C)=C1C(C)C.Cc1ccc2c(c1)[cH-]c1cc(C)ccc12.[Zr+2]=[C](c1ccccc1)c1ccccc1. The Morgan fingerprint density at radius 3 is 1.49 bits per heavy atom. The molecule has 5 aromatic carbocycles. The molecule has 0 N–H and O–H groups in total. The number of benzene rings is 4. The number of aryl methyl sites for hydroxylation is 2. The zero-order chi connectivity index (χ0) is 31.1. The molecule has 218 valence electrons. The Balaban J connectivity index is 0.000000148. The quantitative estimate of drug-likeness (QED) is 0.168. The van der Waals surface area contributed by atoms with Gasteiger partial charge in [0, 0.05) is 0 Å². The fourth-order valence-corrected chi connectivity index (χ4v) is 6.72. The zero-order valence-electron chi connectivity index (χ0n) is 27.3. The molecule has 0 saturated heterocycles. The summed E-state index contributed by atoms with van der Waals surface area (Å²) in [5.41, 5.74) is 10.0. The summed E-state index contributed by atoms with van der Waals surface area (Å²) in [6.45, 7) is 18.0. The van der Waals surface area contributed by atoms with E-state index in [2.05, 4.69) is 165 Å². The van der Waals surface area contributed by atoms with E-state index in [4.69, 9.17) is 0 Å². The molecule has 1 aliphatic rings. The van der Waals surface area contributed by atoms with E-state index < -0.39 is 0 Å². The van der Waals surface area contributed by atoms with Gasteiger partial charge in [0.1, 0.15) is 0 Å². The molecule has 1 aliphatic carbocycles. The molecule has 0 bridgehead atoms. The van der Waals surface area contributed by atoms with Gasteiger partial charge >= 0.3 is 99.2 Å². The van der Waals surface area contributed by atoms with Gasteiger partial charge in [0.15, 0.2) is 0 Å². The second kappa shape index (κ2) is 15.1. The Hall–Kier alpha value is -3.02. The summed E-state index contributed by atoms with van der Waals surface area (Å²) in [5, 5.41) is 5.46. The first-order valence-electron chi connectivity index (χ1n) is 15.7. The van der Waals surface area contributed by atoms with Crippen molar-refractivity contribution in [1.82, 2.24) is 0 Å². The maximum absolute atomic E-state index is 3.56. The second-order valence-corrected chi connectivity index (χ2v) is 13.8. The third kappa shape index (κ3) is 8.33. The van der Waals surface area contributed by atoms with Crippen LogP contribution in [0.1, 0.15) is 70.2 Å². The van der Waals surface area contributed by atoms with Gasteiger partial charge in [-0.25, -0.2) is 5.57 Å². The molecule has 6 rings (SSSR count). The average molecular weight is 642 g/mol. The van der Waals surface area contributed by atoms with Crippen molar-refractivity contribution in [2.75, 3.05) is 0 Å². The minimum absolute atomic E-state index is 0.628. The Kier molecular flexibility index (Phi) is 11.6. The van der Waals surface area contributed by atoms with Crippen molar-refractivity contribution in [3.63, 3.8) is 0 Å². The van der Waals surface area contributed by atoms with E-state index in [9.17, 15) is 0 Å². The molecule has 0 nitrogen and oxygen atoms in total. The topological polar surface area (TPSA) is 0 Å². The zero-order valence-corrected chi connectivity index (χ0v) is 29.7. The van der Waals surface area contributed by atoms with Gasteiger partial charge in [0.05, 0.1) is 0 Å². The summed E-state index contributed by atoms with van der Waals surface area (Å²) in [6, 6.07) is 36.7. The van der Waals surface area contributed by atoms with Crippen LogP contribution in [0.25, 0.3) is 21.5 Å². The molecule has 0 atom stereocenters. The molecule has 43 heavy (non-hydrogen) atoms. The van der Waals surface area contributed by atoms with Crippen molar-refractivity contribution >= 4 is 24.8 Å². The number of hydrogen-bond donors (Lipinski definition) is 0. The first-order valence-corrected chi connectivity index (χ1v) is 16.9. The molecule has 1 heteroatoms. The third-order valence-electron chi connectivity index (χ3n) is 8.10. The Morgan fingerprint density at radius 1 is 0.628 bits per heavy atom. The standard InChI is InChI=1S/C15H13.C14H23.C13H10.Zr/c1-10-3-5-14-12(7-10)9-13-8-11(2)4-6-15(13)14;1-9(2)12-7-8-13(10(3)4)14(12)11(5)6;1-3-7-12(8-4-1)11-13-9-5-2-6-10-13;/h3-9H,1-2H3;9-11H,7H2,1-6H3;1-10H;/q2*-1;;+2. The van der Waals surface area contributed by atoms with E-state index in [1.807, 2.05) is 0 Å². The summed E-state index contributed by atoms with van der Waals surface area (Å²) < 4.78 is 1.42. The summed E-state index contributed by atoms with van der Waals surface area (Å²) >= 11 is 1.46. The molecule has 0 amide bonds. The minimum atomic E-state index is 0.628. The van der Waals surface area contributed by atoms with Gasteiger partial charge in [-0.05, 0) is 19.8 Å². The summed E-state index contributed by atoms with van der Waals surface area (Å²) in [6.07, 6.45) is 4.63. The second-order valence-electron chi connectivity index (χ2n) is 12.6. The van der Waals surface area contributed by atoms with Gasteiger partial charge in [-0.3, -0.25) is 6.08 Å². The Bertz CT molecular complexity index is 1630. The molecule has 0 fully saturated rings. The fraction of sp³-hybridized carbons (Fsp3) is 0.286. The van der Waals surface area contributed by atoms with Crippen molar-refractivity contribution in [2.45, 2.75) is 61.8 Å². The average Bonchev–Trinajstić information content (AvgIpc) is 3.60. The number of rotatable bonds is 5. The molecular formula is C42H46Zr. The van der Waals surface area contributed by atoms with E-state index in [0.717, 1.165) is 6.42 Å². The molecule has 0 unspecified atom stereocenters. The van der Waals surface area contributed by atoms with Gasteiger partial charge in [-0.1, -0.05) is 88.8 Å². The predicted octanol–water partition coefficient (Wildman–Crippen LogP) is 11.5. The van der Waals surface area contributed by atoms with Crippen LogP contribution in [0.5, 0.6) is 0 Å². The maximum atomic E-state index is 3.56. The normalized spacial score (nSPS) is 12.9. The van der Waals surface area contributed by atoms with Crippen LogP contribution >= 0.6 is 0 Å². The third-order valence-corrected chi connectivity index (χ3v) is 9.52. The van der Waals surface area contributed by atoms with Crippen LogP contribution in [0, 0.1) is 37.7 Å². The molecule has 0 radical (unpaired) electrons. The Labute approximate surface area is 275 Å². The number of hydrogen-bond acceptors (Lipinski definition) is 0.